The zero-order valence-electron chi connectivity index (χ0n) is 31.3. The molecule has 0 saturated carbocycles. The smallest absolute Gasteiger partial charge is 0.0714 e. The van der Waals surface area contributed by atoms with Crippen molar-refractivity contribution in [3.8, 4) is 11.1 Å². The number of anilines is 3. The molecule has 0 fully saturated rings. The topological polar surface area (TPSA) is 3.24 Å². The molecule has 1 heteroatoms. The van der Waals surface area contributed by atoms with Gasteiger partial charge in [0.05, 0.1) is 5.41 Å². The molecule has 0 bridgehead atoms. The number of fused-ring (bicyclic) bond motifs is 3. The quantitative estimate of drug-likeness (QED) is 0.117. The molecule has 2 aliphatic carbocycles. The molecule has 0 N–H and O–H groups in total. The Morgan fingerprint density at radius 2 is 1.07 bits per heavy atom. The minimum atomic E-state index is -0.415. The molecule has 0 aromatic heterocycles. The van der Waals surface area contributed by atoms with Crippen LogP contribution in [0.15, 0.2) is 194 Å². The van der Waals surface area contributed by atoms with E-state index in [2.05, 4.69) is 218 Å². The summed E-state index contributed by atoms with van der Waals surface area (Å²) in [5.41, 5.74) is 17.5. The van der Waals surface area contributed by atoms with Gasteiger partial charge in [0.1, 0.15) is 0 Å². The zero-order chi connectivity index (χ0) is 37.2. The van der Waals surface area contributed by atoms with Gasteiger partial charge < -0.3 is 4.90 Å². The molecule has 0 spiro atoms. The van der Waals surface area contributed by atoms with Crippen LogP contribution in [0.4, 0.5) is 17.1 Å². The highest BCUT2D eigenvalue weighted by Gasteiger charge is 2.45. The van der Waals surface area contributed by atoms with Crippen molar-refractivity contribution in [3.63, 3.8) is 0 Å². The zero-order valence-corrected chi connectivity index (χ0v) is 31.3. The van der Waals surface area contributed by atoms with E-state index < -0.39 is 5.41 Å². The van der Waals surface area contributed by atoms with E-state index in [9.17, 15) is 0 Å². The SMILES string of the molecule is Cc1ccccc1N(c1ccccc1)c1ccc2c(c1)Cc1cc(/C=C/c3cc4c5c(ccc6cccc(c65)C4(c4ccccc4)c4ccccc4)c3)ccc1-2. The summed E-state index contributed by atoms with van der Waals surface area (Å²) in [6, 6.07) is 71.8. The number of benzene rings is 9. The Morgan fingerprint density at radius 3 is 1.82 bits per heavy atom. The second-order valence-electron chi connectivity index (χ2n) is 15.3. The molecular formula is C55H39N. The van der Waals surface area contributed by atoms with Crippen LogP contribution in [0.25, 0.3) is 44.8 Å². The van der Waals surface area contributed by atoms with Crippen LogP contribution in [0.1, 0.15) is 50.1 Å². The fourth-order valence-corrected chi connectivity index (χ4v) is 9.75. The Morgan fingerprint density at radius 1 is 0.446 bits per heavy atom. The van der Waals surface area contributed by atoms with Crippen molar-refractivity contribution >= 4 is 50.8 Å². The largest absolute Gasteiger partial charge is 0.310 e. The highest BCUT2D eigenvalue weighted by Crippen LogP contribution is 2.56. The van der Waals surface area contributed by atoms with Gasteiger partial charge in [0.25, 0.3) is 0 Å². The van der Waals surface area contributed by atoms with Gasteiger partial charge in [-0.1, -0.05) is 164 Å². The number of hydrogen-bond donors (Lipinski definition) is 0. The van der Waals surface area contributed by atoms with E-state index in [1.807, 2.05) is 0 Å². The number of nitrogens with zero attached hydrogens (tertiary/aromatic N) is 1. The average Bonchev–Trinajstić information content (AvgIpc) is 3.77. The molecule has 9 aromatic carbocycles. The minimum Gasteiger partial charge on any atom is -0.310 e. The van der Waals surface area contributed by atoms with Crippen molar-refractivity contribution < 1.29 is 0 Å². The third kappa shape index (κ3) is 4.94. The molecule has 11 rings (SSSR count). The third-order valence-corrected chi connectivity index (χ3v) is 12.2. The van der Waals surface area contributed by atoms with E-state index in [0.717, 1.165) is 12.1 Å². The summed E-state index contributed by atoms with van der Waals surface area (Å²) in [5.74, 6) is 0. The molecule has 2 aliphatic rings. The second-order valence-corrected chi connectivity index (χ2v) is 15.3. The molecule has 264 valence electrons. The monoisotopic (exact) mass is 713 g/mol. The van der Waals surface area contributed by atoms with Gasteiger partial charge in [-0.15, -0.1) is 0 Å². The summed E-state index contributed by atoms with van der Waals surface area (Å²) in [7, 11) is 0. The van der Waals surface area contributed by atoms with Gasteiger partial charge in [0, 0.05) is 17.1 Å². The maximum atomic E-state index is 2.45. The van der Waals surface area contributed by atoms with E-state index in [0.29, 0.717) is 0 Å². The van der Waals surface area contributed by atoms with Gasteiger partial charge in [0.2, 0.25) is 0 Å². The molecule has 56 heavy (non-hydrogen) atoms. The maximum absolute atomic E-state index is 2.45. The predicted octanol–water partition coefficient (Wildman–Crippen LogP) is 14.2. The molecule has 0 heterocycles. The van der Waals surface area contributed by atoms with Crippen molar-refractivity contribution in [2.75, 3.05) is 4.90 Å². The molecule has 0 radical (unpaired) electrons. The lowest BCUT2D eigenvalue weighted by molar-refractivity contribution is 0.771. The van der Waals surface area contributed by atoms with E-state index in [-0.39, 0.29) is 0 Å². The van der Waals surface area contributed by atoms with Crippen LogP contribution in [0.5, 0.6) is 0 Å². The lowest BCUT2D eigenvalue weighted by Gasteiger charge is -2.34. The Balaban J connectivity index is 0.974. The van der Waals surface area contributed by atoms with Crippen LogP contribution in [0, 0.1) is 6.92 Å². The van der Waals surface area contributed by atoms with Gasteiger partial charge in [0.15, 0.2) is 0 Å². The lowest BCUT2D eigenvalue weighted by atomic mass is 9.67. The predicted molar refractivity (Wildman–Crippen MR) is 236 cm³/mol. The van der Waals surface area contributed by atoms with E-state index in [4.69, 9.17) is 0 Å². The standard InChI is InChI=1S/C55H39N/c1-37-14-11-12-23-52(37)56(46-20-9-4-10-21-46)47-29-31-49-43(36-47)35-42-32-38(26-30-48(42)49)24-25-39-33-41-28-27-40-15-13-22-50-53(40)54(41)51(34-39)55(50,44-16-5-2-6-17-44)45-18-7-3-8-19-45/h2-34,36H,35H2,1H3/b25-24+. The highest BCUT2D eigenvalue weighted by molar-refractivity contribution is 6.16. The summed E-state index contributed by atoms with van der Waals surface area (Å²) in [6.07, 6.45) is 5.53. The molecule has 9 aromatic rings. The first kappa shape index (κ1) is 32.5. The van der Waals surface area contributed by atoms with Crippen LogP contribution in [0.2, 0.25) is 0 Å². The average molecular weight is 714 g/mol. The molecular weight excluding hydrogens is 675 g/mol. The first-order valence-corrected chi connectivity index (χ1v) is 19.6. The van der Waals surface area contributed by atoms with Crippen LogP contribution >= 0.6 is 0 Å². The van der Waals surface area contributed by atoms with Crippen molar-refractivity contribution in [1.82, 2.24) is 0 Å². The number of hydrogen-bond acceptors (Lipinski definition) is 1. The molecule has 0 atom stereocenters. The van der Waals surface area contributed by atoms with Crippen molar-refractivity contribution in [1.29, 1.82) is 0 Å². The summed E-state index contributed by atoms with van der Waals surface area (Å²) in [5, 5.41) is 5.31. The van der Waals surface area contributed by atoms with E-state index in [1.165, 1.54) is 94.1 Å². The van der Waals surface area contributed by atoms with Crippen molar-refractivity contribution in [2.24, 2.45) is 0 Å². The fraction of sp³-hybridized carbons (Fsp3) is 0.0545. The van der Waals surface area contributed by atoms with Crippen molar-refractivity contribution in [3.05, 3.63) is 244 Å². The fourth-order valence-electron chi connectivity index (χ4n) is 9.75. The molecule has 1 nitrogen and oxygen atoms in total. The number of para-hydroxylation sites is 2. The third-order valence-electron chi connectivity index (χ3n) is 12.2. The van der Waals surface area contributed by atoms with Gasteiger partial charge in [-0.3, -0.25) is 0 Å². The number of rotatable bonds is 7. The maximum Gasteiger partial charge on any atom is 0.0714 e. The van der Waals surface area contributed by atoms with Crippen molar-refractivity contribution in [2.45, 2.75) is 18.8 Å². The van der Waals surface area contributed by atoms with Crippen LogP contribution in [0.3, 0.4) is 0 Å². The highest BCUT2D eigenvalue weighted by atomic mass is 15.1. The van der Waals surface area contributed by atoms with Crippen LogP contribution < -0.4 is 4.90 Å². The van der Waals surface area contributed by atoms with Crippen LogP contribution in [-0.4, -0.2) is 0 Å². The first-order chi connectivity index (χ1) is 27.7. The minimum absolute atomic E-state index is 0.415. The number of aryl methyl sites for hydroxylation is 1. The summed E-state index contributed by atoms with van der Waals surface area (Å²) in [6.45, 7) is 2.19. The van der Waals surface area contributed by atoms with Gasteiger partial charge in [-0.2, -0.15) is 0 Å². The molecule has 0 unspecified atom stereocenters. The Hall–Kier alpha value is -6.96. The normalized spacial score (nSPS) is 13.4. The Kier molecular flexibility index (Phi) is 7.44. The molecule has 0 aliphatic heterocycles. The molecule has 0 amide bonds. The van der Waals surface area contributed by atoms with Gasteiger partial charge >= 0.3 is 0 Å². The summed E-state index contributed by atoms with van der Waals surface area (Å²) >= 11 is 0. The lowest BCUT2D eigenvalue weighted by Crippen LogP contribution is -2.28. The Labute approximate surface area is 328 Å². The van der Waals surface area contributed by atoms with Gasteiger partial charge in [-0.25, -0.2) is 0 Å². The first-order valence-electron chi connectivity index (χ1n) is 19.6. The van der Waals surface area contributed by atoms with Crippen LogP contribution in [-0.2, 0) is 11.8 Å². The summed E-state index contributed by atoms with van der Waals surface area (Å²) < 4.78 is 0. The van der Waals surface area contributed by atoms with E-state index >= 15 is 0 Å². The Bertz CT molecular complexity index is 2950. The van der Waals surface area contributed by atoms with Gasteiger partial charge in [-0.05, 0) is 139 Å². The van der Waals surface area contributed by atoms with E-state index in [1.54, 1.807) is 0 Å². The summed E-state index contributed by atoms with van der Waals surface area (Å²) in [4.78, 5) is 2.38. The second kappa shape index (κ2) is 12.8. The molecule has 0 saturated heterocycles.